The summed E-state index contributed by atoms with van der Waals surface area (Å²) < 4.78 is 41.9. The molecule has 156 valence electrons. The van der Waals surface area contributed by atoms with Gasteiger partial charge in [-0.2, -0.15) is 0 Å². The highest BCUT2D eigenvalue weighted by atomic mass is 32.2. The first-order valence-electron chi connectivity index (χ1n) is 9.63. The number of piperidine rings is 1. The number of halogens is 1. The maximum Gasteiger partial charge on any atom is 0.175 e. The van der Waals surface area contributed by atoms with E-state index in [4.69, 9.17) is 4.74 Å². The van der Waals surface area contributed by atoms with Crippen molar-refractivity contribution in [2.75, 3.05) is 33.0 Å². The van der Waals surface area contributed by atoms with Crippen LogP contribution in [0, 0.1) is 11.7 Å². The molecule has 2 aromatic carbocycles. The SMILES string of the molecule is COC(CN1CCC(C(=O)c2ccc(F)cc2)CC1)c1ccc(S(C)(=O)=O)cc1. The van der Waals surface area contributed by atoms with E-state index >= 15 is 0 Å². The van der Waals surface area contributed by atoms with Crippen molar-refractivity contribution in [2.45, 2.75) is 23.8 Å². The van der Waals surface area contributed by atoms with Gasteiger partial charge in [0, 0.05) is 31.4 Å². The third-order valence-corrected chi connectivity index (χ3v) is 6.60. The average molecular weight is 420 g/mol. The zero-order valence-corrected chi connectivity index (χ0v) is 17.5. The van der Waals surface area contributed by atoms with Gasteiger partial charge in [0.05, 0.1) is 11.0 Å². The van der Waals surface area contributed by atoms with Gasteiger partial charge in [0.1, 0.15) is 5.82 Å². The number of nitrogens with zero attached hydrogens (tertiary/aromatic N) is 1. The van der Waals surface area contributed by atoms with Gasteiger partial charge in [-0.1, -0.05) is 12.1 Å². The van der Waals surface area contributed by atoms with Gasteiger partial charge >= 0.3 is 0 Å². The Labute approximate surface area is 171 Å². The van der Waals surface area contributed by atoms with Crippen LogP contribution in [0.2, 0.25) is 0 Å². The summed E-state index contributed by atoms with van der Waals surface area (Å²) in [6.07, 6.45) is 2.51. The van der Waals surface area contributed by atoms with Crippen molar-refractivity contribution in [3.8, 4) is 0 Å². The zero-order valence-electron chi connectivity index (χ0n) is 16.7. The van der Waals surface area contributed by atoms with E-state index in [2.05, 4.69) is 4.90 Å². The fraction of sp³-hybridized carbons (Fsp3) is 0.409. The lowest BCUT2D eigenvalue weighted by Gasteiger charge is -2.33. The number of rotatable bonds is 7. The van der Waals surface area contributed by atoms with Crippen LogP contribution in [0.15, 0.2) is 53.4 Å². The summed E-state index contributed by atoms with van der Waals surface area (Å²) in [7, 11) is -1.58. The lowest BCUT2D eigenvalue weighted by Crippen LogP contribution is -2.39. The maximum atomic E-state index is 13.1. The van der Waals surface area contributed by atoms with E-state index in [1.807, 2.05) is 0 Å². The highest BCUT2D eigenvalue weighted by molar-refractivity contribution is 7.90. The summed E-state index contributed by atoms with van der Waals surface area (Å²) in [5.41, 5.74) is 1.48. The van der Waals surface area contributed by atoms with Crippen LogP contribution in [0.1, 0.15) is 34.9 Å². The number of hydrogen-bond donors (Lipinski definition) is 0. The fourth-order valence-corrected chi connectivity index (χ4v) is 4.34. The van der Waals surface area contributed by atoms with Crippen LogP contribution < -0.4 is 0 Å². The molecule has 0 N–H and O–H groups in total. The van der Waals surface area contributed by atoms with Gasteiger partial charge in [-0.05, 0) is 67.9 Å². The van der Waals surface area contributed by atoms with E-state index in [0.29, 0.717) is 12.1 Å². The average Bonchev–Trinajstić information content (AvgIpc) is 2.72. The number of ether oxygens (including phenoxy) is 1. The summed E-state index contributed by atoms with van der Waals surface area (Å²) >= 11 is 0. The number of likely N-dealkylation sites (tertiary alicyclic amines) is 1. The van der Waals surface area contributed by atoms with Crippen molar-refractivity contribution in [1.82, 2.24) is 4.90 Å². The van der Waals surface area contributed by atoms with Gasteiger partial charge < -0.3 is 9.64 Å². The second-order valence-corrected chi connectivity index (χ2v) is 9.53. The molecule has 1 aliphatic rings. The first-order chi connectivity index (χ1) is 13.8. The topological polar surface area (TPSA) is 63.7 Å². The highest BCUT2D eigenvalue weighted by Gasteiger charge is 2.27. The zero-order chi connectivity index (χ0) is 21.0. The van der Waals surface area contributed by atoms with Gasteiger partial charge in [-0.25, -0.2) is 12.8 Å². The third-order valence-electron chi connectivity index (χ3n) is 5.48. The minimum atomic E-state index is -3.22. The van der Waals surface area contributed by atoms with Gasteiger partial charge in [-0.15, -0.1) is 0 Å². The molecule has 1 fully saturated rings. The van der Waals surface area contributed by atoms with Crippen molar-refractivity contribution in [3.05, 3.63) is 65.5 Å². The molecule has 1 unspecified atom stereocenters. The van der Waals surface area contributed by atoms with Crippen LogP contribution in [0.3, 0.4) is 0 Å². The van der Waals surface area contributed by atoms with Crippen LogP contribution in [0.5, 0.6) is 0 Å². The number of carbonyl (C=O) groups is 1. The predicted molar refractivity (Wildman–Crippen MR) is 109 cm³/mol. The first-order valence-corrected chi connectivity index (χ1v) is 11.5. The number of benzene rings is 2. The van der Waals surface area contributed by atoms with E-state index in [1.165, 1.54) is 18.4 Å². The molecular weight excluding hydrogens is 393 g/mol. The van der Waals surface area contributed by atoms with Crippen molar-refractivity contribution in [2.24, 2.45) is 5.92 Å². The van der Waals surface area contributed by atoms with Crippen molar-refractivity contribution >= 4 is 15.6 Å². The lowest BCUT2D eigenvalue weighted by atomic mass is 9.88. The van der Waals surface area contributed by atoms with Gasteiger partial charge in [-0.3, -0.25) is 4.79 Å². The number of carbonyl (C=O) groups excluding carboxylic acids is 1. The van der Waals surface area contributed by atoms with E-state index in [1.54, 1.807) is 43.5 Å². The number of ketones is 1. The lowest BCUT2D eigenvalue weighted by molar-refractivity contribution is 0.0485. The van der Waals surface area contributed by atoms with E-state index < -0.39 is 9.84 Å². The van der Waals surface area contributed by atoms with Crippen LogP contribution in [-0.2, 0) is 14.6 Å². The Kier molecular flexibility index (Phi) is 6.82. The molecule has 0 spiro atoms. The molecule has 5 nitrogen and oxygen atoms in total. The number of sulfone groups is 1. The molecule has 3 rings (SSSR count). The largest absolute Gasteiger partial charge is 0.375 e. The normalized spacial score (nSPS) is 17.2. The van der Waals surface area contributed by atoms with Crippen LogP contribution in [-0.4, -0.2) is 52.1 Å². The molecule has 1 atom stereocenters. The molecule has 0 aliphatic carbocycles. The third kappa shape index (κ3) is 5.50. The van der Waals surface area contributed by atoms with Crippen LogP contribution >= 0.6 is 0 Å². The minimum Gasteiger partial charge on any atom is -0.375 e. The van der Waals surface area contributed by atoms with Crippen molar-refractivity contribution in [3.63, 3.8) is 0 Å². The summed E-state index contributed by atoms with van der Waals surface area (Å²) in [4.78, 5) is 15.2. The summed E-state index contributed by atoms with van der Waals surface area (Å²) in [5, 5.41) is 0. The highest BCUT2D eigenvalue weighted by Crippen LogP contribution is 2.26. The molecular formula is C22H26FNO4S. The maximum absolute atomic E-state index is 13.1. The van der Waals surface area contributed by atoms with E-state index in [-0.39, 0.29) is 28.5 Å². The fourth-order valence-electron chi connectivity index (χ4n) is 3.71. The standard InChI is InChI=1S/C22H26FNO4S/c1-28-21(16-5-9-20(10-6-16)29(2,26)27)15-24-13-11-18(12-14-24)22(25)17-3-7-19(23)8-4-17/h3-10,18,21H,11-15H2,1-2H3. The monoisotopic (exact) mass is 419 g/mol. The number of methoxy groups -OCH3 is 1. The van der Waals surface area contributed by atoms with Gasteiger partial charge in [0.25, 0.3) is 0 Å². The second kappa shape index (κ2) is 9.15. The Balaban J connectivity index is 1.57. The molecule has 0 saturated carbocycles. The smallest absolute Gasteiger partial charge is 0.175 e. The molecule has 1 aliphatic heterocycles. The Bertz CT molecular complexity index is 934. The Morgan fingerprint density at radius 3 is 2.21 bits per heavy atom. The molecule has 0 radical (unpaired) electrons. The molecule has 1 saturated heterocycles. The first kappa shape index (κ1) is 21.6. The molecule has 0 amide bonds. The predicted octanol–water partition coefficient (Wildman–Crippen LogP) is 3.51. The van der Waals surface area contributed by atoms with Crippen LogP contribution in [0.25, 0.3) is 0 Å². The van der Waals surface area contributed by atoms with Gasteiger partial charge in [0.15, 0.2) is 15.6 Å². The summed E-state index contributed by atoms with van der Waals surface area (Å²) in [6, 6.07) is 12.5. The minimum absolute atomic E-state index is 0.0493. The number of Topliss-reactive ketones (excluding diaryl/α,β-unsaturated/α-hetero) is 1. The van der Waals surface area contributed by atoms with Crippen LogP contribution in [0.4, 0.5) is 4.39 Å². The Hall–Kier alpha value is -2.09. The molecule has 1 heterocycles. The molecule has 0 bridgehead atoms. The van der Waals surface area contributed by atoms with E-state index in [0.717, 1.165) is 31.5 Å². The molecule has 7 heteroatoms. The van der Waals surface area contributed by atoms with Crippen molar-refractivity contribution in [1.29, 1.82) is 0 Å². The van der Waals surface area contributed by atoms with Gasteiger partial charge in [0.2, 0.25) is 0 Å². The Morgan fingerprint density at radius 1 is 1.10 bits per heavy atom. The molecule has 29 heavy (non-hydrogen) atoms. The number of hydrogen-bond acceptors (Lipinski definition) is 5. The summed E-state index contributed by atoms with van der Waals surface area (Å²) in [5.74, 6) is -0.317. The Morgan fingerprint density at radius 2 is 1.69 bits per heavy atom. The quantitative estimate of drug-likeness (QED) is 0.643. The molecule has 0 aromatic heterocycles. The van der Waals surface area contributed by atoms with E-state index in [9.17, 15) is 17.6 Å². The van der Waals surface area contributed by atoms with Crippen molar-refractivity contribution < 1.29 is 22.3 Å². The summed E-state index contributed by atoms with van der Waals surface area (Å²) in [6.45, 7) is 2.23. The molecule has 2 aromatic rings. The second-order valence-electron chi connectivity index (χ2n) is 7.51.